The van der Waals surface area contributed by atoms with Crippen LogP contribution in [0.1, 0.15) is 6.92 Å². The number of anilines is 1. The van der Waals surface area contributed by atoms with Gasteiger partial charge < -0.3 is 5.32 Å². The monoisotopic (exact) mass is 218 g/mol. The first-order valence-corrected chi connectivity index (χ1v) is 4.31. The molecule has 0 bridgehead atoms. The third kappa shape index (κ3) is 2.11. The molecule has 14 heavy (non-hydrogen) atoms. The van der Waals surface area contributed by atoms with Gasteiger partial charge in [0.2, 0.25) is 5.82 Å². The lowest BCUT2D eigenvalue weighted by Gasteiger charge is -2.05. The summed E-state index contributed by atoms with van der Waals surface area (Å²) in [5.74, 6) is -0.932. The third-order valence-corrected chi connectivity index (χ3v) is 1.80. The van der Waals surface area contributed by atoms with E-state index in [4.69, 9.17) is 11.6 Å². The summed E-state index contributed by atoms with van der Waals surface area (Å²) < 4.78 is 13.1. The van der Waals surface area contributed by atoms with Crippen LogP contribution in [0.4, 0.5) is 15.8 Å². The SMILES string of the molecule is CCNc1cc(Cl)cc(F)c1[N+](=O)[O-]. The molecule has 1 aromatic rings. The third-order valence-electron chi connectivity index (χ3n) is 1.58. The van der Waals surface area contributed by atoms with E-state index in [1.807, 2.05) is 0 Å². The molecular formula is C8H8ClFN2O2. The van der Waals surface area contributed by atoms with Gasteiger partial charge in [0.25, 0.3) is 0 Å². The maximum atomic E-state index is 13.1. The predicted molar refractivity (Wildman–Crippen MR) is 52.2 cm³/mol. The van der Waals surface area contributed by atoms with Crippen LogP contribution in [0, 0.1) is 15.9 Å². The second kappa shape index (κ2) is 4.23. The number of nitrogens with one attached hydrogen (secondary N) is 1. The lowest BCUT2D eigenvalue weighted by molar-refractivity contribution is -0.386. The molecule has 1 rings (SSSR count). The Morgan fingerprint density at radius 2 is 2.29 bits per heavy atom. The van der Waals surface area contributed by atoms with Crippen molar-refractivity contribution < 1.29 is 9.31 Å². The Morgan fingerprint density at radius 3 is 2.79 bits per heavy atom. The van der Waals surface area contributed by atoms with E-state index >= 15 is 0 Å². The summed E-state index contributed by atoms with van der Waals surface area (Å²) in [6.45, 7) is 2.21. The summed E-state index contributed by atoms with van der Waals surface area (Å²) >= 11 is 5.56. The Hall–Kier alpha value is -1.36. The number of halogens is 2. The molecule has 0 heterocycles. The van der Waals surface area contributed by atoms with E-state index in [2.05, 4.69) is 5.32 Å². The molecule has 0 aliphatic rings. The lowest BCUT2D eigenvalue weighted by Crippen LogP contribution is -2.03. The molecule has 4 nitrogen and oxygen atoms in total. The topological polar surface area (TPSA) is 55.2 Å². The molecule has 0 saturated carbocycles. The molecule has 0 radical (unpaired) electrons. The molecule has 0 unspecified atom stereocenters. The molecule has 0 fully saturated rings. The zero-order valence-electron chi connectivity index (χ0n) is 7.38. The van der Waals surface area contributed by atoms with Gasteiger partial charge in [-0.3, -0.25) is 10.1 Å². The highest BCUT2D eigenvalue weighted by atomic mass is 35.5. The van der Waals surface area contributed by atoms with Crippen molar-refractivity contribution in [1.29, 1.82) is 0 Å². The molecule has 0 spiro atoms. The largest absolute Gasteiger partial charge is 0.380 e. The zero-order chi connectivity index (χ0) is 10.7. The van der Waals surface area contributed by atoms with E-state index in [0.717, 1.165) is 6.07 Å². The Labute approximate surface area is 84.8 Å². The van der Waals surface area contributed by atoms with E-state index in [0.29, 0.717) is 6.54 Å². The van der Waals surface area contributed by atoms with Gasteiger partial charge in [0, 0.05) is 11.6 Å². The van der Waals surface area contributed by atoms with E-state index < -0.39 is 16.4 Å². The molecule has 6 heteroatoms. The minimum Gasteiger partial charge on any atom is -0.380 e. The first-order chi connectivity index (χ1) is 6.56. The van der Waals surface area contributed by atoms with E-state index in [1.165, 1.54) is 6.07 Å². The van der Waals surface area contributed by atoms with Crippen LogP contribution < -0.4 is 5.32 Å². The average Bonchev–Trinajstić information content (AvgIpc) is 2.01. The average molecular weight is 219 g/mol. The minimum absolute atomic E-state index is 0.0995. The van der Waals surface area contributed by atoms with Crippen molar-refractivity contribution in [3.05, 3.63) is 33.1 Å². The van der Waals surface area contributed by atoms with Gasteiger partial charge in [0.15, 0.2) is 0 Å². The fourth-order valence-electron chi connectivity index (χ4n) is 1.08. The Morgan fingerprint density at radius 1 is 1.64 bits per heavy atom. The lowest BCUT2D eigenvalue weighted by atomic mass is 10.2. The maximum absolute atomic E-state index is 13.1. The normalized spacial score (nSPS) is 9.93. The zero-order valence-corrected chi connectivity index (χ0v) is 8.14. The molecule has 76 valence electrons. The molecule has 1 N–H and O–H groups in total. The van der Waals surface area contributed by atoms with Gasteiger partial charge in [-0.1, -0.05) is 11.6 Å². The molecule has 0 aromatic heterocycles. The van der Waals surface area contributed by atoms with Crippen LogP contribution in [0.5, 0.6) is 0 Å². The van der Waals surface area contributed by atoms with Crippen molar-refractivity contribution in [2.45, 2.75) is 6.92 Å². The molecule has 0 atom stereocenters. The van der Waals surface area contributed by atoms with E-state index in [-0.39, 0.29) is 10.7 Å². The van der Waals surface area contributed by atoms with Crippen LogP contribution in [0.25, 0.3) is 0 Å². The van der Waals surface area contributed by atoms with Gasteiger partial charge in [0.1, 0.15) is 5.69 Å². The Balaban J connectivity index is 3.28. The number of hydrogen-bond acceptors (Lipinski definition) is 3. The van der Waals surface area contributed by atoms with Crippen molar-refractivity contribution in [2.75, 3.05) is 11.9 Å². The Kier molecular flexibility index (Phi) is 3.24. The molecule has 0 amide bonds. The summed E-state index contributed by atoms with van der Waals surface area (Å²) in [5, 5.41) is 13.3. The van der Waals surface area contributed by atoms with Crippen LogP contribution in [0.15, 0.2) is 12.1 Å². The highest BCUT2D eigenvalue weighted by Gasteiger charge is 2.20. The van der Waals surface area contributed by atoms with Crippen molar-refractivity contribution in [2.24, 2.45) is 0 Å². The second-order valence-electron chi connectivity index (χ2n) is 2.57. The summed E-state index contributed by atoms with van der Waals surface area (Å²) in [7, 11) is 0. The van der Waals surface area contributed by atoms with Gasteiger partial charge in [-0.25, -0.2) is 0 Å². The van der Waals surface area contributed by atoms with Gasteiger partial charge >= 0.3 is 5.69 Å². The van der Waals surface area contributed by atoms with Crippen LogP contribution in [-0.2, 0) is 0 Å². The minimum atomic E-state index is -0.932. The summed E-state index contributed by atoms with van der Waals surface area (Å²) in [6, 6.07) is 2.24. The number of nitro benzene ring substituents is 1. The molecule has 0 saturated heterocycles. The number of benzene rings is 1. The van der Waals surface area contributed by atoms with E-state index in [1.54, 1.807) is 6.92 Å². The second-order valence-corrected chi connectivity index (χ2v) is 3.01. The smallest absolute Gasteiger partial charge is 0.327 e. The van der Waals surface area contributed by atoms with Crippen molar-refractivity contribution >= 4 is 23.0 Å². The predicted octanol–water partition coefficient (Wildman–Crippen LogP) is 2.82. The molecule has 0 aliphatic carbocycles. The summed E-state index contributed by atoms with van der Waals surface area (Å²) in [5.41, 5.74) is -0.473. The highest BCUT2D eigenvalue weighted by Crippen LogP contribution is 2.30. The van der Waals surface area contributed by atoms with Gasteiger partial charge in [-0.2, -0.15) is 4.39 Å². The number of hydrogen-bond donors (Lipinski definition) is 1. The van der Waals surface area contributed by atoms with Crippen LogP contribution in [0.3, 0.4) is 0 Å². The quantitative estimate of drug-likeness (QED) is 0.627. The fourth-order valence-corrected chi connectivity index (χ4v) is 1.28. The van der Waals surface area contributed by atoms with Crippen molar-refractivity contribution in [3.63, 3.8) is 0 Å². The van der Waals surface area contributed by atoms with Crippen LogP contribution in [-0.4, -0.2) is 11.5 Å². The molecular weight excluding hydrogens is 211 g/mol. The van der Waals surface area contributed by atoms with Gasteiger partial charge in [0.05, 0.1) is 4.92 Å². The summed E-state index contributed by atoms with van der Waals surface area (Å²) in [4.78, 5) is 9.74. The molecule has 0 aliphatic heterocycles. The number of rotatable bonds is 3. The first kappa shape index (κ1) is 10.7. The van der Waals surface area contributed by atoms with Gasteiger partial charge in [-0.15, -0.1) is 0 Å². The van der Waals surface area contributed by atoms with Gasteiger partial charge in [-0.05, 0) is 19.1 Å². The van der Waals surface area contributed by atoms with Crippen molar-refractivity contribution in [1.82, 2.24) is 0 Å². The van der Waals surface area contributed by atoms with E-state index in [9.17, 15) is 14.5 Å². The van der Waals surface area contributed by atoms with Crippen LogP contribution in [0.2, 0.25) is 5.02 Å². The first-order valence-electron chi connectivity index (χ1n) is 3.93. The van der Waals surface area contributed by atoms with Crippen LogP contribution >= 0.6 is 11.6 Å². The Bertz CT molecular complexity index is 371. The fraction of sp³-hybridized carbons (Fsp3) is 0.250. The highest BCUT2D eigenvalue weighted by molar-refractivity contribution is 6.31. The maximum Gasteiger partial charge on any atom is 0.327 e. The van der Waals surface area contributed by atoms with Crippen molar-refractivity contribution in [3.8, 4) is 0 Å². The number of nitrogens with zero attached hydrogens (tertiary/aromatic N) is 1. The summed E-state index contributed by atoms with van der Waals surface area (Å²) in [6.07, 6.45) is 0. The number of nitro groups is 1. The standard InChI is InChI=1S/C8H8ClFN2O2/c1-2-11-7-4-5(9)3-6(10)8(7)12(13)14/h3-4,11H,2H2,1H3. The molecule has 1 aromatic carbocycles.